The van der Waals surface area contributed by atoms with E-state index in [1.165, 1.54) is 43.5 Å². The molecule has 0 bridgehead atoms. The average molecular weight is 498 g/mol. The minimum Gasteiger partial charge on any atom is -0.316 e. The van der Waals surface area contributed by atoms with Crippen molar-refractivity contribution in [1.82, 2.24) is 19.9 Å². The van der Waals surface area contributed by atoms with Gasteiger partial charge in [0.25, 0.3) is 0 Å². The fraction of sp³-hybridized carbons (Fsp3) is 0.364. The lowest BCUT2D eigenvalue weighted by atomic mass is 10.3. The molecule has 1 fully saturated rings. The van der Waals surface area contributed by atoms with Crippen LogP contribution in [0.1, 0.15) is 33.9 Å². The maximum Gasteiger partial charge on any atom is 0.379 e. The first-order chi connectivity index (χ1) is 15.8. The number of nitrogens with one attached hydrogen (secondary N) is 1. The second kappa shape index (κ2) is 15.1. The minimum atomic E-state index is -3.67. The van der Waals surface area contributed by atoms with Gasteiger partial charge in [0.05, 0.1) is 21.3 Å². The van der Waals surface area contributed by atoms with E-state index >= 15 is 0 Å². The zero-order valence-corrected chi connectivity index (χ0v) is 20.2. The summed E-state index contributed by atoms with van der Waals surface area (Å²) < 4.78 is 29.0. The van der Waals surface area contributed by atoms with E-state index in [2.05, 4.69) is 45.1 Å². The Kier molecular flexibility index (Phi) is 12.9. The van der Waals surface area contributed by atoms with Crippen LogP contribution < -0.4 is 5.32 Å². The molecule has 1 aliphatic heterocycles. The number of halogens is 3. The summed E-state index contributed by atoms with van der Waals surface area (Å²) in [5, 5.41) is 6.94. The van der Waals surface area contributed by atoms with Gasteiger partial charge in [0.2, 0.25) is 0 Å². The lowest BCUT2D eigenvalue weighted by molar-refractivity contribution is 0.00818. The third kappa shape index (κ3) is 10.6. The summed E-state index contributed by atoms with van der Waals surface area (Å²) in [5.41, 5.74) is 2.48. The molecule has 0 spiro atoms. The van der Waals surface area contributed by atoms with E-state index in [0.717, 1.165) is 32.7 Å². The molecule has 178 valence electrons. The lowest BCUT2D eigenvalue weighted by Crippen LogP contribution is -2.10. The molecule has 4 heterocycles. The third-order valence-corrected chi connectivity index (χ3v) is 5.98. The van der Waals surface area contributed by atoms with E-state index in [4.69, 9.17) is 0 Å². The predicted molar refractivity (Wildman–Crippen MR) is 129 cm³/mol. The van der Waals surface area contributed by atoms with E-state index in [1.54, 1.807) is 23.5 Å². The van der Waals surface area contributed by atoms with Gasteiger partial charge in [-0.1, -0.05) is 0 Å². The van der Waals surface area contributed by atoms with Crippen LogP contribution >= 0.6 is 22.7 Å². The van der Waals surface area contributed by atoms with Crippen LogP contribution in [0.3, 0.4) is 0 Å². The van der Waals surface area contributed by atoms with E-state index in [9.17, 15) is 18.0 Å². The standard InChI is InChI=1S/C14H12N4OS2.C5H11N.C2H2.CHF3/c1-8-13(21-9(2)16-8)11-7-20-14(17-11)18-12-4-3-10(6-19)5-15-12;1-6-4-2-3-5-6;1-2;2-1(3)4/h3-7H,1-2H3,(H,15,17,18);2-5H2,1H3;1-2H;1H. The molecule has 3 aromatic heterocycles. The van der Waals surface area contributed by atoms with Gasteiger partial charge < -0.3 is 10.2 Å². The van der Waals surface area contributed by atoms with E-state index in [-0.39, 0.29) is 0 Å². The van der Waals surface area contributed by atoms with Gasteiger partial charge in [0.1, 0.15) is 5.82 Å². The molecule has 0 saturated carbocycles. The Balaban J connectivity index is 0.000000375. The molecule has 0 unspecified atom stereocenters. The number of alkyl halides is 3. The van der Waals surface area contributed by atoms with Crippen molar-refractivity contribution in [1.29, 1.82) is 0 Å². The summed E-state index contributed by atoms with van der Waals surface area (Å²) in [6, 6.07) is 3.47. The first-order valence-corrected chi connectivity index (χ1v) is 11.5. The predicted octanol–water partition coefficient (Wildman–Crippen LogP) is 5.97. The number of terminal acetylenes is 1. The van der Waals surface area contributed by atoms with Gasteiger partial charge in [0, 0.05) is 17.1 Å². The van der Waals surface area contributed by atoms with Crippen LogP contribution in [0.4, 0.5) is 24.1 Å². The SMILES string of the molecule is C#C.CN1CCCC1.Cc1nc(C)c(-c2csc(Nc3ccc(C=O)cn3)n2)s1.FC(F)F. The molecule has 0 aromatic carbocycles. The second-order valence-corrected chi connectivity index (χ2v) is 8.72. The summed E-state index contributed by atoms with van der Waals surface area (Å²) in [7, 11) is 2.17. The van der Waals surface area contributed by atoms with Crippen LogP contribution in [-0.4, -0.2) is 53.0 Å². The number of hydrogen-bond donors (Lipinski definition) is 1. The Labute approximate surface area is 199 Å². The number of anilines is 2. The molecule has 0 atom stereocenters. The second-order valence-electron chi connectivity index (χ2n) is 6.66. The number of likely N-dealkylation sites (tertiary alicyclic amines) is 1. The van der Waals surface area contributed by atoms with E-state index in [1.807, 2.05) is 19.2 Å². The highest BCUT2D eigenvalue weighted by Crippen LogP contribution is 2.32. The highest BCUT2D eigenvalue weighted by molar-refractivity contribution is 7.16. The quantitative estimate of drug-likeness (QED) is 0.354. The fourth-order valence-electron chi connectivity index (χ4n) is 2.74. The van der Waals surface area contributed by atoms with Gasteiger partial charge in [-0.2, -0.15) is 13.2 Å². The smallest absolute Gasteiger partial charge is 0.316 e. The molecule has 11 heteroatoms. The van der Waals surface area contributed by atoms with Crippen molar-refractivity contribution >= 4 is 39.9 Å². The maximum absolute atomic E-state index is 10.6. The molecule has 1 N–H and O–H groups in total. The van der Waals surface area contributed by atoms with Crippen molar-refractivity contribution in [2.75, 3.05) is 25.5 Å². The number of hydrogen-bond acceptors (Lipinski definition) is 8. The molecule has 1 saturated heterocycles. The van der Waals surface area contributed by atoms with Crippen LogP contribution in [0.5, 0.6) is 0 Å². The molecule has 1 aliphatic rings. The molecule has 0 amide bonds. The van der Waals surface area contributed by atoms with Gasteiger partial charge in [0.15, 0.2) is 11.4 Å². The number of aldehydes is 1. The number of thiazole rings is 2. The van der Waals surface area contributed by atoms with Crippen molar-refractivity contribution in [2.45, 2.75) is 33.4 Å². The van der Waals surface area contributed by atoms with E-state index in [0.29, 0.717) is 11.4 Å². The highest BCUT2D eigenvalue weighted by atomic mass is 32.1. The first-order valence-electron chi connectivity index (χ1n) is 9.80. The lowest BCUT2D eigenvalue weighted by Gasteiger charge is -2.01. The van der Waals surface area contributed by atoms with Gasteiger partial charge in [-0.15, -0.1) is 35.5 Å². The van der Waals surface area contributed by atoms with Crippen LogP contribution in [0.25, 0.3) is 10.6 Å². The van der Waals surface area contributed by atoms with Crippen LogP contribution in [-0.2, 0) is 0 Å². The summed E-state index contributed by atoms with van der Waals surface area (Å²) in [6.45, 7) is 2.95. The number of nitrogens with zero attached hydrogens (tertiary/aromatic N) is 4. The van der Waals surface area contributed by atoms with Gasteiger partial charge in [-0.3, -0.25) is 4.79 Å². The number of aryl methyl sites for hydroxylation is 2. The summed E-state index contributed by atoms with van der Waals surface area (Å²) in [4.78, 5) is 27.2. The third-order valence-electron chi connectivity index (χ3n) is 4.13. The molecular formula is C22H26F3N5OS2. The minimum absolute atomic E-state index is 0.552. The molecule has 4 rings (SSSR count). The molecule has 6 nitrogen and oxygen atoms in total. The molecule has 0 aliphatic carbocycles. The Hall–Kier alpha value is -2.81. The Morgan fingerprint density at radius 3 is 2.21 bits per heavy atom. The summed E-state index contributed by atoms with van der Waals surface area (Å²) >= 11 is 3.16. The Morgan fingerprint density at radius 1 is 1.15 bits per heavy atom. The molecule has 33 heavy (non-hydrogen) atoms. The highest BCUT2D eigenvalue weighted by Gasteiger charge is 2.11. The zero-order chi connectivity index (χ0) is 24.8. The van der Waals surface area contributed by atoms with Crippen LogP contribution in [0, 0.1) is 26.7 Å². The van der Waals surface area contributed by atoms with Gasteiger partial charge in [-0.05, 0) is 59.0 Å². The Bertz CT molecular complexity index is 981. The van der Waals surface area contributed by atoms with Crippen LogP contribution in [0.15, 0.2) is 23.7 Å². The fourth-order valence-corrected chi connectivity index (χ4v) is 4.40. The van der Waals surface area contributed by atoms with Gasteiger partial charge in [-0.25, -0.2) is 15.0 Å². The summed E-state index contributed by atoms with van der Waals surface area (Å²) in [6.07, 6.45) is 13.1. The number of carbonyl (C=O) groups is 1. The molecular weight excluding hydrogens is 471 g/mol. The van der Waals surface area contributed by atoms with Crippen molar-refractivity contribution < 1.29 is 18.0 Å². The van der Waals surface area contributed by atoms with Crippen molar-refractivity contribution in [3.8, 4) is 23.4 Å². The number of aromatic nitrogens is 3. The van der Waals surface area contributed by atoms with E-state index < -0.39 is 6.68 Å². The maximum atomic E-state index is 10.6. The van der Waals surface area contributed by atoms with Crippen molar-refractivity contribution in [2.24, 2.45) is 0 Å². The monoisotopic (exact) mass is 497 g/mol. The zero-order valence-electron chi connectivity index (χ0n) is 18.6. The number of carbonyl (C=O) groups excluding carboxylic acids is 1. The normalized spacial score (nSPS) is 12.5. The largest absolute Gasteiger partial charge is 0.379 e. The average Bonchev–Trinajstić information content (AvgIpc) is 3.52. The Morgan fingerprint density at radius 2 is 1.79 bits per heavy atom. The van der Waals surface area contributed by atoms with Crippen LogP contribution in [0.2, 0.25) is 0 Å². The number of pyridine rings is 1. The van der Waals surface area contributed by atoms with Crippen molar-refractivity contribution in [3.05, 3.63) is 40.0 Å². The topological polar surface area (TPSA) is 71.0 Å². The summed E-state index contributed by atoms with van der Waals surface area (Å²) in [5.74, 6) is 0.665. The van der Waals surface area contributed by atoms with Crippen molar-refractivity contribution in [3.63, 3.8) is 0 Å². The number of rotatable bonds is 4. The van der Waals surface area contributed by atoms with Gasteiger partial charge >= 0.3 is 6.68 Å². The molecule has 0 radical (unpaired) electrons. The molecule has 3 aromatic rings. The first kappa shape index (κ1) is 28.2.